The van der Waals surface area contributed by atoms with Crippen LogP contribution >= 0.6 is 0 Å². The number of amides is 1. The molecule has 0 fully saturated rings. The Balaban J connectivity index is 1.53. The molecule has 33 heavy (non-hydrogen) atoms. The van der Waals surface area contributed by atoms with E-state index in [-0.39, 0.29) is 35.4 Å². The van der Waals surface area contributed by atoms with Gasteiger partial charge in [-0.05, 0) is 41.8 Å². The Bertz CT molecular complexity index is 1450. The number of nitrogens with zero attached hydrogens (tertiary/aromatic N) is 3. The van der Waals surface area contributed by atoms with E-state index in [9.17, 15) is 22.8 Å². The number of aromatic amines is 1. The zero-order valence-electron chi connectivity index (χ0n) is 17.3. The van der Waals surface area contributed by atoms with Gasteiger partial charge in [-0.15, -0.1) is 0 Å². The largest absolute Gasteiger partial charge is 0.373 e. The van der Waals surface area contributed by atoms with Gasteiger partial charge < -0.3 is 14.6 Å². The van der Waals surface area contributed by atoms with Crippen LogP contribution in [0, 0.1) is 17.5 Å². The monoisotopic (exact) mass is 454 g/mol. The Morgan fingerprint density at radius 2 is 1.85 bits per heavy atom. The lowest BCUT2D eigenvalue weighted by Gasteiger charge is -2.33. The molecule has 0 spiro atoms. The third-order valence-corrected chi connectivity index (χ3v) is 5.75. The molecule has 5 rings (SSSR count). The van der Waals surface area contributed by atoms with Crippen LogP contribution in [0.3, 0.4) is 0 Å². The molecule has 7 nitrogen and oxygen atoms in total. The van der Waals surface area contributed by atoms with Crippen molar-refractivity contribution in [1.82, 2.24) is 19.7 Å². The van der Waals surface area contributed by atoms with E-state index in [0.717, 1.165) is 12.1 Å². The summed E-state index contributed by atoms with van der Waals surface area (Å²) in [6, 6.07) is 6.79. The van der Waals surface area contributed by atoms with Crippen LogP contribution in [-0.4, -0.2) is 39.2 Å². The van der Waals surface area contributed by atoms with Crippen LogP contribution in [0.4, 0.5) is 13.2 Å². The second-order valence-corrected chi connectivity index (χ2v) is 7.76. The first kappa shape index (κ1) is 21.0. The van der Waals surface area contributed by atoms with E-state index in [1.165, 1.54) is 46.2 Å². The lowest BCUT2D eigenvalue weighted by molar-refractivity contribution is 0.0335. The molecule has 168 valence electrons. The summed E-state index contributed by atoms with van der Waals surface area (Å²) in [5.41, 5.74) is 1.17. The quantitative estimate of drug-likeness (QED) is 0.514. The molecule has 0 unspecified atom stereocenters. The average molecular weight is 454 g/mol. The van der Waals surface area contributed by atoms with Gasteiger partial charge in [0, 0.05) is 24.5 Å². The van der Waals surface area contributed by atoms with Crippen LogP contribution < -0.4 is 5.56 Å². The molecular formula is C23H17F3N4O3. The lowest BCUT2D eigenvalue weighted by atomic mass is 9.95. The number of carbonyl (C=O) groups excluding carboxylic acids is 1. The highest BCUT2D eigenvalue weighted by atomic mass is 19.2. The Morgan fingerprint density at radius 3 is 2.58 bits per heavy atom. The van der Waals surface area contributed by atoms with Gasteiger partial charge in [-0.1, -0.05) is 0 Å². The van der Waals surface area contributed by atoms with Crippen molar-refractivity contribution in [3.8, 4) is 5.69 Å². The molecule has 4 aromatic rings. The molecule has 1 N–H and O–H groups in total. The third-order valence-electron chi connectivity index (χ3n) is 5.75. The van der Waals surface area contributed by atoms with Gasteiger partial charge in [-0.25, -0.2) is 17.9 Å². The zero-order chi connectivity index (χ0) is 23.3. The predicted molar refractivity (Wildman–Crippen MR) is 112 cm³/mol. The second-order valence-electron chi connectivity index (χ2n) is 7.76. The first-order valence-electron chi connectivity index (χ1n) is 10.0. The van der Waals surface area contributed by atoms with Crippen molar-refractivity contribution in [3.05, 3.63) is 93.4 Å². The van der Waals surface area contributed by atoms with E-state index in [1.807, 2.05) is 0 Å². The highest BCUT2D eigenvalue weighted by Crippen LogP contribution is 2.34. The SMILES string of the molecule is CN(C(=O)c1cnn(-c2ccc(F)cc2)c1)[C@H]1COCc2[nH]c(=O)c3cc(F)c(F)cc3c21. The Morgan fingerprint density at radius 1 is 1.15 bits per heavy atom. The number of pyridine rings is 1. The fourth-order valence-electron chi connectivity index (χ4n) is 4.06. The van der Waals surface area contributed by atoms with Crippen molar-refractivity contribution in [2.24, 2.45) is 0 Å². The van der Waals surface area contributed by atoms with Crippen molar-refractivity contribution in [2.45, 2.75) is 12.6 Å². The molecule has 0 aliphatic carbocycles. The molecular weight excluding hydrogens is 437 g/mol. The molecule has 2 aromatic carbocycles. The Hall–Kier alpha value is -3.92. The number of fused-ring (bicyclic) bond motifs is 3. The summed E-state index contributed by atoms with van der Waals surface area (Å²) < 4.78 is 48.0. The topological polar surface area (TPSA) is 80.2 Å². The predicted octanol–water partition coefficient (Wildman–Crippen LogP) is 3.47. The van der Waals surface area contributed by atoms with Crippen LogP contribution in [0.2, 0.25) is 0 Å². The Labute approximate surface area is 185 Å². The first-order valence-corrected chi connectivity index (χ1v) is 10.0. The van der Waals surface area contributed by atoms with Gasteiger partial charge >= 0.3 is 0 Å². The number of halogens is 3. The van der Waals surface area contributed by atoms with Crippen molar-refractivity contribution in [2.75, 3.05) is 13.7 Å². The van der Waals surface area contributed by atoms with Crippen LogP contribution in [-0.2, 0) is 11.3 Å². The molecule has 1 aliphatic heterocycles. The van der Waals surface area contributed by atoms with Gasteiger partial charge in [0.1, 0.15) is 5.82 Å². The zero-order valence-corrected chi connectivity index (χ0v) is 17.3. The number of hydrogen-bond acceptors (Lipinski definition) is 4. The van der Waals surface area contributed by atoms with E-state index in [4.69, 9.17) is 4.74 Å². The fourth-order valence-corrected chi connectivity index (χ4v) is 4.06. The van der Waals surface area contributed by atoms with E-state index in [2.05, 4.69) is 10.1 Å². The Kier molecular flexibility index (Phi) is 5.01. The van der Waals surface area contributed by atoms with Crippen LogP contribution in [0.15, 0.2) is 53.6 Å². The molecule has 3 heterocycles. The normalized spacial score (nSPS) is 15.5. The minimum atomic E-state index is -1.13. The molecule has 1 amide bonds. The van der Waals surface area contributed by atoms with Crippen molar-refractivity contribution < 1.29 is 22.7 Å². The van der Waals surface area contributed by atoms with Crippen molar-refractivity contribution in [3.63, 3.8) is 0 Å². The number of ether oxygens (including phenoxy) is 1. The maximum Gasteiger partial charge on any atom is 0.257 e. The number of aromatic nitrogens is 3. The van der Waals surface area contributed by atoms with E-state index in [0.29, 0.717) is 16.9 Å². The number of rotatable bonds is 3. The molecule has 2 aromatic heterocycles. The maximum absolute atomic E-state index is 14.1. The van der Waals surface area contributed by atoms with Gasteiger partial charge in [-0.3, -0.25) is 9.59 Å². The smallest absolute Gasteiger partial charge is 0.257 e. The number of H-pyrrole nitrogens is 1. The third kappa shape index (κ3) is 3.58. The van der Waals surface area contributed by atoms with Crippen molar-refractivity contribution >= 4 is 16.7 Å². The number of nitrogens with one attached hydrogen (secondary N) is 1. The van der Waals surface area contributed by atoms with Crippen LogP contribution in [0.1, 0.15) is 27.7 Å². The molecule has 0 bridgehead atoms. The molecule has 1 aliphatic rings. The highest BCUT2D eigenvalue weighted by Gasteiger charge is 2.32. The summed E-state index contributed by atoms with van der Waals surface area (Å²) in [6.07, 6.45) is 2.89. The van der Waals surface area contributed by atoms with Gasteiger partial charge in [0.25, 0.3) is 11.5 Å². The van der Waals surface area contributed by atoms with Gasteiger partial charge in [0.15, 0.2) is 11.6 Å². The standard InChI is InChI=1S/C23H17F3N4O3/c1-29(23(32)12-8-27-30(9-12)14-4-2-13(24)3-5-14)20-11-33-10-19-21(20)15-6-17(25)18(26)7-16(15)22(31)28-19/h2-9,20H,10-11H2,1H3,(H,28,31)/t20-/m0/s1. The van der Waals surface area contributed by atoms with E-state index in [1.54, 1.807) is 7.05 Å². The molecule has 10 heteroatoms. The minimum Gasteiger partial charge on any atom is -0.373 e. The summed E-state index contributed by atoms with van der Waals surface area (Å²) in [4.78, 5) is 29.7. The number of carbonyl (C=O) groups is 1. The van der Waals surface area contributed by atoms with Gasteiger partial charge in [0.05, 0.1) is 42.1 Å². The molecule has 0 saturated heterocycles. The number of hydrogen-bond donors (Lipinski definition) is 1. The van der Waals surface area contributed by atoms with Gasteiger partial charge in [0.2, 0.25) is 0 Å². The summed E-state index contributed by atoms with van der Waals surface area (Å²) >= 11 is 0. The molecule has 1 atom stereocenters. The number of benzene rings is 2. The number of likely N-dealkylation sites (N-methyl/N-ethyl adjacent to an activating group) is 1. The summed E-state index contributed by atoms with van der Waals surface area (Å²) in [6.45, 7) is 0.169. The summed E-state index contributed by atoms with van der Waals surface area (Å²) in [5.74, 6) is -3.00. The van der Waals surface area contributed by atoms with E-state index < -0.39 is 29.1 Å². The first-order chi connectivity index (χ1) is 15.8. The molecule has 0 radical (unpaired) electrons. The maximum atomic E-state index is 14.1. The minimum absolute atomic E-state index is 0.00970. The van der Waals surface area contributed by atoms with Crippen molar-refractivity contribution in [1.29, 1.82) is 0 Å². The van der Waals surface area contributed by atoms with Crippen LogP contribution in [0.5, 0.6) is 0 Å². The molecule has 0 saturated carbocycles. The average Bonchev–Trinajstić information content (AvgIpc) is 3.30. The lowest BCUT2D eigenvalue weighted by Crippen LogP contribution is -2.37. The van der Waals surface area contributed by atoms with Gasteiger partial charge in [-0.2, -0.15) is 5.10 Å². The highest BCUT2D eigenvalue weighted by molar-refractivity contribution is 5.95. The van der Waals surface area contributed by atoms with Crippen LogP contribution in [0.25, 0.3) is 16.5 Å². The summed E-state index contributed by atoms with van der Waals surface area (Å²) in [5, 5.41) is 4.38. The fraction of sp³-hybridized carbons (Fsp3) is 0.174. The van der Waals surface area contributed by atoms with E-state index >= 15 is 0 Å². The summed E-state index contributed by atoms with van der Waals surface area (Å²) in [7, 11) is 1.55. The second kappa shape index (κ2) is 7.89.